The van der Waals surface area contributed by atoms with Gasteiger partial charge in [-0.1, -0.05) is 29.8 Å². The number of ether oxygens (including phenoxy) is 3. The molecule has 0 unspecified atom stereocenters. The summed E-state index contributed by atoms with van der Waals surface area (Å²) < 4.78 is 17.0. The van der Waals surface area contributed by atoms with Gasteiger partial charge in [-0.2, -0.15) is 0 Å². The molecule has 1 aliphatic rings. The van der Waals surface area contributed by atoms with Crippen molar-refractivity contribution in [2.24, 2.45) is 0 Å². The van der Waals surface area contributed by atoms with E-state index in [0.29, 0.717) is 34.5 Å². The number of rotatable bonds is 9. The van der Waals surface area contributed by atoms with E-state index in [1.807, 2.05) is 50.2 Å². The Kier molecular flexibility index (Phi) is 8.67. The molecule has 0 bridgehead atoms. The summed E-state index contributed by atoms with van der Waals surface area (Å²) in [5.74, 6) is 1.77. The first kappa shape index (κ1) is 25.8. The number of pyridine rings is 1. The van der Waals surface area contributed by atoms with Gasteiger partial charge in [0.2, 0.25) is 0 Å². The van der Waals surface area contributed by atoms with Crippen LogP contribution in [0.2, 0.25) is 5.02 Å². The topological polar surface area (TPSA) is 64.1 Å². The molecule has 2 aromatic carbocycles. The second kappa shape index (κ2) is 12.1. The number of esters is 1. The van der Waals surface area contributed by atoms with Crippen molar-refractivity contribution < 1.29 is 19.0 Å². The third-order valence-corrected chi connectivity index (χ3v) is 6.21. The Morgan fingerprint density at radius 2 is 1.72 bits per heavy atom. The smallest absolute Gasteiger partial charge is 0.342 e. The van der Waals surface area contributed by atoms with Gasteiger partial charge in [-0.05, 0) is 61.4 Å². The predicted octanol–water partition coefficient (Wildman–Crippen LogP) is 5.21. The van der Waals surface area contributed by atoms with Gasteiger partial charge in [0, 0.05) is 43.9 Å². The lowest BCUT2D eigenvalue weighted by Crippen LogP contribution is -2.46. The average molecular weight is 510 g/mol. The highest BCUT2D eigenvalue weighted by atomic mass is 35.5. The summed E-state index contributed by atoms with van der Waals surface area (Å²) in [6.07, 6.45) is 1.55. The van der Waals surface area contributed by atoms with Crippen molar-refractivity contribution in [1.29, 1.82) is 0 Å². The largest absolute Gasteiger partial charge is 0.493 e. The zero-order valence-electron chi connectivity index (χ0n) is 20.9. The van der Waals surface area contributed by atoms with Gasteiger partial charge in [-0.3, -0.25) is 4.90 Å². The fraction of sp³-hybridized carbons (Fsp3) is 0.357. The Morgan fingerprint density at radius 1 is 1.00 bits per heavy atom. The first-order valence-electron chi connectivity index (χ1n) is 12.1. The minimum absolute atomic E-state index is 0.173. The van der Waals surface area contributed by atoms with E-state index in [1.165, 1.54) is 0 Å². The molecule has 1 aromatic heterocycles. The quantitative estimate of drug-likeness (QED) is 0.367. The van der Waals surface area contributed by atoms with Gasteiger partial charge in [-0.25, -0.2) is 9.78 Å². The van der Waals surface area contributed by atoms with E-state index in [1.54, 1.807) is 25.4 Å². The molecule has 36 heavy (non-hydrogen) atoms. The average Bonchev–Trinajstić information content (AvgIpc) is 2.89. The number of carbonyl (C=O) groups is 1. The number of hydrogen-bond donors (Lipinski definition) is 0. The van der Waals surface area contributed by atoms with Crippen molar-refractivity contribution in [1.82, 2.24) is 9.88 Å². The van der Waals surface area contributed by atoms with Crippen LogP contribution < -0.4 is 14.4 Å². The zero-order chi connectivity index (χ0) is 25.5. The maximum Gasteiger partial charge on any atom is 0.342 e. The van der Waals surface area contributed by atoms with E-state index in [9.17, 15) is 4.79 Å². The number of anilines is 1. The predicted molar refractivity (Wildman–Crippen MR) is 141 cm³/mol. The Hall–Kier alpha value is -3.29. The Bertz CT molecular complexity index is 1160. The van der Waals surface area contributed by atoms with Gasteiger partial charge in [0.1, 0.15) is 18.0 Å². The van der Waals surface area contributed by atoms with Crippen LogP contribution in [0.25, 0.3) is 0 Å². The van der Waals surface area contributed by atoms with Gasteiger partial charge in [-0.15, -0.1) is 0 Å². The molecule has 3 aromatic rings. The summed E-state index contributed by atoms with van der Waals surface area (Å²) in [4.78, 5) is 21.5. The SMILES string of the molecule is COc1cc(CN2CCN(c3ncccc3C(=O)OC(C)C)CC2)ccc1OCc1ccc(Cl)cc1. The Morgan fingerprint density at radius 3 is 2.42 bits per heavy atom. The summed E-state index contributed by atoms with van der Waals surface area (Å²) >= 11 is 5.96. The highest BCUT2D eigenvalue weighted by Crippen LogP contribution is 2.30. The lowest BCUT2D eigenvalue weighted by molar-refractivity contribution is 0.0378. The molecule has 0 saturated carbocycles. The molecule has 8 heteroatoms. The second-order valence-corrected chi connectivity index (χ2v) is 9.43. The molecule has 0 N–H and O–H groups in total. The lowest BCUT2D eigenvalue weighted by Gasteiger charge is -2.36. The first-order chi connectivity index (χ1) is 17.4. The minimum Gasteiger partial charge on any atom is -0.493 e. The van der Waals surface area contributed by atoms with E-state index in [-0.39, 0.29) is 12.1 Å². The molecule has 0 amide bonds. The number of benzene rings is 2. The first-order valence-corrected chi connectivity index (χ1v) is 12.5. The molecule has 1 saturated heterocycles. The highest BCUT2D eigenvalue weighted by molar-refractivity contribution is 6.30. The third kappa shape index (κ3) is 6.68. The van der Waals surface area contributed by atoms with Gasteiger partial charge in [0.05, 0.1) is 13.2 Å². The number of nitrogens with zero attached hydrogens (tertiary/aromatic N) is 3. The van der Waals surface area contributed by atoms with Crippen LogP contribution in [0.15, 0.2) is 60.8 Å². The maximum atomic E-state index is 12.5. The highest BCUT2D eigenvalue weighted by Gasteiger charge is 2.24. The van der Waals surface area contributed by atoms with Crippen LogP contribution in [0, 0.1) is 0 Å². The number of carbonyl (C=O) groups excluding carboxylic acids is 1. The molecule has 190 valence electrons. The summed E-state index contributed by atoms with van der Waals surface area (Å²) in [7, 11) is 1.65. The molecule has 0 aliphatic carbocycles. The number of methoxy groups -OCH3 is 1. The van der Waals surface area contributed by atoms with Crippen LogP contribution in [0.3, 0.4) is 0 Å². The van der Waals surface area contributed by atoms with Gasteiger partial charge >= 0.3 is 5.97 Å². The molecule has 7 nitrogen and oxygen atoms in total. The molecular weight excluding hydrogens is 478 g/mol. The van der Waals surface area contributed by atoms with Gasteiger partial charge < -0.3 is 19.1 Å². The monoisotopic (exact) mass is 509 g/mol. The summed E-state index contributed by atoms with van der Waals surface area (Å²) in [5.41, 5.74) is 2.70. The van der Waals surface area contributed by atoms with Gasteiger partial charge in [0.15, 0.2) is 11.5 Å². The van der Waals surface area contributed by atoms with E-state index >= 15 is 0 Å². The normalized spacial score (nSPS) is 14.1. The van der Waals surface area contributed by atoms with Crippen molar-refractivity contribution >= 4 is 23.4 Å². The molecule has 1 fully saturated rings. The third-order valence-electron chi connectivity index (χ3n) is 5.96. The lowest BCUT2D eigenvalue weighted by atomic mass is 10.1. The van der Waals surface area contributed by atoms with Crippen LogP contribution in [0.4, 0.5) is 5.82 Å². The van der Waals surface area contributed by atoms with E-state index in [2.05, 4.69) is 20.9 Å². The Labute approximate surface area is 217 Å². The molecule has 0 atom stereocenters. The maximum absolute atomic E-state index is 12.5. The molecule has 4 rings (SSSR count). The molecule has 0 spiro atoms. The van der Waals surface area contributed by atoms with Crippen LogP contribution >= 0.6 is 11.6 Å². The van der Waals surface area contributed by atoms with Crippen LogP contribution in [-0.4, -0.2) is 55.2 Å². The summed E-state index contributed by atoms with van der Waals surface area (Å²) in [6, 6.07) is 17.2. The van der Waals surface area contributed by atoms with E-state index in [0.717, 1.165) is 43.9 Å². The fourth-order valence-electron chi connectivity index (χ4n) is 4.13. The van der Waals surface area contributed by atoms with Gasteiger partial charge in [0.25, 0.3) is 0 Å². The summed E-state index contributed by atoms with van der Waals surface area (Å²) in [5, 5.41) is 0.704. The van der Waals surface area contributed by atoms with E-state index in [4.69, 9.17) is 25.8 Å². The van der Waals surface area contributed by atoms with Crippen molar-refractivity contribution in [3.05, 3.63) is 82.5 Å². The van der Waals surface area contributed by atoms with Crippen LogP contribution in [0.1, 0.15) is 35.3 Å². The van der Waals surface area contributed by atoms with Crippen molar-refractivity contribution in [3.8, 4) is 11.5 Å². The molecule has 0 radical (unpaired) electrons. The van der Waals surface area contributed by atoms with Crippen molar-refractivity contribution in [3.63, 3.8) is 0 Å². The minimum atomic E-state index is -0.332. The number of halogens is 1. The standard InChI is InChI=1S/C28H32ClN3O4/c1-20(2)36-28(33)24-5-4-12-30-27(24)32-15-13-31(14-16-32)18-22-8-11-25(26(17-22)34-3)35-19-21-6-9-23(29)10-7-21/h4-12,17,20H,13-16,18-19H2,1-3H3. The number of aromatic nitrogens is 1. The molecular formula is C28H32ClN3O4. The molecule has 2 heterocycles. The van der Waals surface area contributed by atoms with Crippen molar-refractivity contribution in [2.75, 3.05) is 38.2 Å². The summed E-state index contributed by atoms with van der Waals surface area (Å²) in [6.45, 7) is 8.19. The van der Waals surface area contributed by atoms with Crippen molar-refractivity contribution in [2.45, 2.75) is 33.1 Å². The number of hydrogen-bond acceptors (Lipinski definition) is 7. The zero-order valence-corrected chi connectivity index (χ0v) is 21.7. The number of piperazine rings is 1. The Balaban J connectivity index is 1.34. The molecule has 1 aliphatic heterocycles. The fourth-order valence-corrected chi connectivity index (χ4v) is 4.26. The van der Waals surface area contributed by atoms with E-state index < -0.39 is 0 Å². The van der Waals surface area contributed by atoms with Crippen LogP contribution in [0.5, 0.6) is 11.5 Å². The second-order valence-electron chi connectivity index (χ2n) is 8.99. The van der Waals surface area contributed by atoms with Crippen LogP contribution in [-0.2, 0) is 17.9 Å².